The maximum absolute atomic E-state index is 12.7. The number of likely N-dealkylation sites (tertiary alicyclic amines) is 1. The number of carbonyl (C=O) groups is 3. The number of hydrogen-bond acceptors (Lipinski definition) is 4. The second-order valence-electron chi connectivity index (χ2n) is 7.51. The number of nitrogens with zero attached hydrogens (tertiary/aromatic N) is 1. The van der Waals surface area contributed by atoms with E-state index in [2.05, 4.69) is 0 Å². The third kappa shape index (κ3) is 6.40. The van der Waals surface area contributed by atoms with Crippen molar-refractivity contribution in [1.82, 2.24) is 4.90 Å². The fourth-order valence-electron chi connectivity index (χ4n) is 3.46. The average molecular weight is 462 g/mol. The Hall–Kier alpha value is -2.19. The summed E-state index contributed by atoms with van der Waals surface area (Å²) < 4.78 is 12.7. The van der Waals surface area contributed by atoms with E-state index >= 15 is 0 Å². The van der Waals surface area contributed by atoms with Gasteiger partial charge in [0.2, 0.25) is 0 Å². The van der Waals surface area contributed by atoms with Crippen molar-refractivity contribution in [3.05, 3.63) is 70.2 Å². The molecule has 163 valence electrons. The van der Waals surface area contributed by atoms with Crippen LogP contribution in [0, 0.1) is 0 Å². The molecule has 8 heteroatoms. The molecule has 1 saturated heterocycles. The number of halogens is 1. The molecule has 0 bridgehead atoms. The van der Waals surface area contributed by atoms with Crippen molar-refractivity contribution in [3.63, 3.8) is 0 Å². The summed E-state index contributed by atoms with van der Waals surface area (Å²) in [5.41, 5.74) is 1.61. The van der Waals surface area contributed by atoms with E-state index in [0.717, 1.165) is 24.8 Å². The maximum atomic E-state index is 12.7. The topological polar surface area (TPSA) is 100 Å². The number of unbranched alkanes of at least 4 members (excludes halogenated alkanes) is 2. The SMILES string of the molecule is O=C(O)c1ccc(C[S+]([O-])C2CC(=O)[N+]2CCCCCC(=O)c2ccc(Cl)cc2)cc1. The molecule has 1 aliphatic heterocycles. The molecule has 1 aliphatic rings. The van der Waals surface area contributed by atoms with E-state index in [4.69, 9.17) is 16.7 Å². The molecule has 31 heavy (non-hydrogen) atoms. The molecule has 0 aliphatic carbocycles. The van der Waals surface area contributed by atoms with Crippen LogP contribution in [0.2, 0.25) is 5.02 Å². The summed E-state index contributed by atoms with van der Waals surface area (Å²) >= 11 is 4.59. The van der Waals surface area contributed by atoms with E-state index in [1.54, 1.807) is 41.3 Å². The molecule has 3 rings (SSSR count). The molecule has 6 nitrogen and oxygen atoms in total. The van der Waals surface area contributed by atoms with Gasteiger partial charge in [0.25, 0.3) is 0 Å². The molecule has 0 saturated carbocycles. The van der Waals surface area contributed by atoms with Crippen LogP contribution < -0.4 is 4.90 Å². The van der Waals surface area contributed by atoms with E-state index in [-0.39, 0.29) is 34.8 Å². The second-order valence-corrected chi connectivity index (χ2v) is 9.54. The van der Waals surface area contributed by atoms with Crippen LogP contribution in [0.4, 0.5) is 0 Å². The Bertz CT molecular complexity index is 932. The largest absolute Gasteiger partial charge is 0.611 e. The van der Waals surface area contributed by atoms with Crippen molar-refractivity contribution in [2.45, 2.75) is 43.2 Å². The number of Topliss-reactive ketones (excluding diaryl/α,β-unsaturated/α-hetero) is 1. The van der Waals surface area contributed by atoms with Crippen LogP contribution in [0.5, 0.6) is 0 Å². The number of aromatic carboxylic acids is 1. The summed E-state index contributed by atoms with van der Waals surface area (Å²) in [4.78, 5) is 36.7. The predicted octanol–water partition coefficient (Wildman–Crippen LogP) is 4.13. The lowest BCUT2D eigenvalue weighted by atomic mass is 10.0. The summed E-state index contributed by atoms with van der Waals surface area (Å²) in [5.74, 6) is -0.649. The Morgan fingerprint density at radius 2 is 1.68 bits per heavy atom. The molecule has 1 fully saturated rings. The number of hydrogen-bond donors (Lipinski definition) is 1. The summed E-state index contributed by atoms with van der Waals surface area (Å²) in [6.45, 7) is 0.530. The molecule has 0 aromatic heterocycles. The standard InChI is InChI=1S/C23H24ClNO5S/c24-19-11-9-17(10-12-19)20(26)4-2-1-3-13-25-21(27)14-22(25)31(30)15-16-5-7-18(8-6-16)23(28)29/h5-12,22H,1-4,13-15H2,(H,28,29)/q+1. The smallest absolute Gasteiger partial charge is 0.377 e. The van der Waals surface area contributed by atoms with Gasteiger partial charge in [0, 0.05) is 40.2 Å². The van der Waals surface area contributed by atoms with Gasteiger partial charge < -0.3 is 9.66 Å². The minimum Gasteiger partial charge on any atom is -0.611 e. The van der Waals surface area contributed by atoms with E-state index in [9.17, 15) is 18.9 Å². The zero-order chi connectivity index (χ0) is 22.4. The molecule has 0 spiro atoms. The van der Waals surface area contributed by atoms with Gasteiger partial charge in [-0.05, 0) is 49.2 Å². The second kappa shape index (κ2) is 10.9. The number of carbonyl (C=O) groups excluding carboxylic acids is 2. The normalized spacial score (nSPS) is 17.2. The van der Waals surface area contributed by atoms with Crippen molar-refractivity contribution in [3.8, 4) is 0 Å². The van der Waals surface area contributed by atoms with Crippen molar-refractivity contribution in [2.75, 3.05) is 6.54 Å². The van der Waals surface area contributed by atoms with Gasteiger partial charge in [-0.2, -0.15) is 0 Å². The number of β-lactam (4-membered cyclic amide) rings is 1. The van der Waals surface area contributed by atoms with Crippen LogP contribution in [-0.4, -0.2) is 39.2 Å². The summed E-state index contributed by atoms with van der Waals surface area (Å²) in [5, 5.41) is 9.24. The van der Waals surface area contributed by atoms with Crippen molar-refractivity contribution in [1.29, 1.82) is 0 Å². The zero-order valence-corrected chi connectivity index (χ0v) is 18.5. The molecule has 1 amide bonds. The first-order valence-corrected chi connectivity index (χ1v) is 11.9. The Morgan fingerprint density at radius 3 is 2.29 bits per heavy atom. The fraction of sp³-hybridized carbons (Fsp3) is 0.348. The molecule has 1 heterocycles. The number of carboxylic acid groups (broad SMARTS) is 1. The average Bonchev–Trinajstić information content (AvgIpc) is 2.74. The molecular weight excluding hydrogens is 438 g/mol. The Kier molecular flexibility index (Phi) is 8.26. The number of rotatable bonds is 11. The summed E-state index contributed by atoms with van der Waals surface area (Å²) in [7, 11) is 0. The number of ketones is 1. The first-order valence-electron chi connectivity index (χ1n) is 10.1. The van der Waals surface area contributed by atoms with E-state index in [1.807, 2.05) is 0 Å². The maximum Gasteiger partial charge on any atom is 0.377 e. The van der Waals surface area contributed by atoms with Gasteiger partial charge in [0.15, 0.2) is 12.2 Å². The molecule has 2 aromatic carbocycles. The monoisotopic (exact) mass is 461 g/mol. The van der Waals surface area contributed by atoms with Gasteiger partial charge in [-0.3, -0.25) is 4.79 Å². The molecule has 2 atom stereocenters. The van der Waals surface area contributed by atoms with Gasteiger partial charge in [-0.15, -0.1) is 0 Å². The van der Waals surface area contributed by atoms with Crippen LogP contribution in [0.1, 0.15) is 58.4 Å². The lowest BCUT2D eigenvalue weighted by Gasteiger charge is -2.28. The van der Waals surface area contributed by atoms with E-state index in [0.29, 0.717) is 23.6 Å². The lowest BCUT2D eigenvalue weighted by Crippen LogP contribution is -2.61. The van der Waals surface area contributed by atoms with Crippen LogP contribution in [-0.2, 0) is 21.7 Å². The summed E-state index contributed by atoms with van der Waals surface area (Å²) in [6.07, 6.45) is 3.00. The van der Waals surface area contributed by atoms with Crippen LogP contribution >= 0.6 is 11.6 Å². The summed E-state index contributed by atoms with van der Waals surface area (Å²) in [6, 6.07) is 13.1. The first-order chi connectivity index (χ1) is 14.8. The zero-order valence-electron chi connectivity index (χ0n) is 17.0. The van der Waals surface area contributed by atoms with Crippen molar-refractivity contribution < 1.29 is 24.0 Å². The predicted molar refractivity (Wildman–Crippen MR) is 120 cm³/mol. The van der Waals surface area contributed by atoms with Gasteiger partial charge in [0.05, 0.1) is 5.56 Å². The minimum atomic E-state index is -1.25. The molecular formula is C23H24ClNO5S+. The highest BCUT2D eigenvalue weighted by molar-refractivity contribution is 7.91. The highest BCUT2D eigenvalue weighted by Gasteiger charge is 2.55. The lowest BCUT2D eigenvalue weighted by molar-refractivity contribution is -0.133. The minimum absolute atomic E-state index is 0.00295. The van der Waals surface area contributed by atoms with Crippen LogP contribution in [0.25, 0.3) is 0 Å². The van der Waals surface area contributed by atoms with Crippen molar-refractivity contribution in [2.24, 2.45) is 0 Å². The van der Waals surface area contributed by atoms with Gasteiger partial charge in [0.1, 0.15) is 12.3 Å². The third-order valence-electron chi connectivity index (χ3n) is 5.30. The highest BCUT2D eigenvalue weighted by Crippen LogP contribution is 2.25. The molecule has 1 radical (unpaired) electrons. The molecule has 2 unspecified atom stereocenters. The van der Waals surface area contributed by atoms with Gasteiger partial charge >= 0.3 is 17.3 Å². The first kappa shape index (κ1) is 23.5. The Morgan fingerprint density at radius 1 is 1.03 bits per heavy atom. The van der Waals surface area contributed by atoms with Crippen LogP contribution in [0.15, 0.2) is 48.5 Å². The number of carboxylic acids is 1. The fourth-order valence-corrected chi connectivity index (χ4v) is 5.13. The quantitative estimate of drug-likeness (QED) is 0.178. The van der Waals surface area contributed by atoms with Gasteiger partial charge in [-0.25, -0.2) is 9.59 Å². The van der Waals surface area contributed by atoms with Crippen molar-refractivity contribution >= 4 is 40.4 Å². The molecule has 1 N–H and O–H groups in total. The highest BCUT2D eigenvalue weighted by atomic mass is 35.5. The van der Waals surface area contributed by atoms with E-state index < -0.39 is 17.1 Å². The van der Waals surface area contributed by atoms with Gasteiger partial charge in [-0.1, -0.05) is 28.6 Å². The Balaban J connectivity index is 1.39. The number of amides is 1. The molecule has 2 aromatic rings. The third-order valence-corrected chi connectivity index (χ3v) is 7.20. The number of benzene rings is 2. The van der Waals surface area contributed by atoms with Crippen LogP contribution in [0.3, 0.4) is 0 Å². The Labute approximate surface area is 189 Å². The van der Waals surface area contributed by atoms with E-state index in [1.165, 1.54) is 12.1 Å².